The van der Waals surface area contributed by atoms with Gasteiger partial charge in [-0.1, -0.05) is 44.2 Å². The second kappa shape index (κ2) is 5.83. The summed E-state index contributed by atoms with van der Waals surface area (Å²) in [5, 5.41) is 15.2. The molecule has 1 aliphatic carbocycles. The van der Waals surface area contributed by atoms with Crippen LogP contribution in [0.3, 0.4) is 0 Å². The second-order valence-electron chi connectivity index (χ2n) is 6.43. The number of rotatable bonds is 5. The molecule has 0 heterocycles. The van der Waals surface area contributed by atoms with E-state index in [1.54, 1.807) is 0 Å². The number of amides is 2. The monoisotopic (exact) mass is 276 g/mol. The number of carbonyl (C=O) groups is 1. The predicted molar refractivity (Wildman–Crippen MR) is 79.4 cm³/mol. The van der Waals surface area contributed by atoms with E-state index in [9.17, 15) is 9.90 Å². The van der Waals surface area contributed by atoms with Crippen LogP contribution in [0.1, 0.15) is 38.7 Å². The first-order valence-electron chi connectivity index (χ1n) is 7.20. The fourth-order valence-electron chi connectivity index (χ4n) is 2.41. The Morgan fingerprint density at radius 1 is 1.30 bits per heavy atom. The summed E-state index contributed by atoms with van der Waals surface area (Å²) in [5.41, 5.74) is 0.661. The quantitative estimate of drug-likeness (QED) is 0.773. The molecule has 4 heteroatoms. The Hall–Kier alpha value is -1.55. The molecule has 1 fully saturated rings. The van der Waals surface area contributed by atoms with Gasteiger partial charge in [-0.3, -0.25) is 0 Å². The number of aliphatic hydroxyl groups is 1. The van der Waals surface area contributed by atoms with E-state index in [1.165, 1.54) is 5.56 Å². The first kappa shape index (κ1) is 14.9. The summed E-state index contributed by atoms with van der Waals surface area (Å²) in [6, 6.07) is 9.97. The van der Waals surface area contributed by atoms with Crippen molar-refractivity contribution in [1.82, 2.24) is 10.6 Å². The molecular weight excluding hydrogens is 252 g/mol. The van der Waals surface area contributed by atoms with Gasteiger partial charge in [-0.05, 0) is 24.8 Å². The Balaban J connectivity index is 1.96. The zero-order valence-corrected chi connectivity index (χ0v) is 12.3. The smallest absolute Gasteiger partial charge is 0.315 e. The normalized spacial score (nSPS) is 17.1. The summed E-state index contributed by atoms with van der Waals surface area (Å²) >= 11 is 0. The van der Waals surface area contributed by atoms with E-state index >= 15 is 0 Å². The van der Waals surface area contributed by atoms with Crippen molar-refractivity contribution < 1.29 is 9.90 Å². The van der Waals surface area contributed by atoms with Gasteiger partial charge in [0, 0.05) is 18.6 Å². The third kappa shape index (κ3) is 3.31. The SMILES string of the molecule is CC(C)(CO)CNC(=O)NC1(c2ccccc2)CCC1. The van der Waals surface area contributed by atoms with E-state index in [2.05, 4.69) is 22.8 Å². The first-order chi connectivity index (χ1) is 9.47. The lowest BCUT2D eigenvalue weighted by atomic mass is 9.72. The summed E-state index contributed by atoms with van der Waals surface area (Å²) in [6.45, 7) is 4.35. The van der Waals surface area contributed by atoms with Crippen LogP contribution in [-0.2, 0) is 5.54 Å². The highest BCUT2D eigenvalue weighted by Gasteiger charge is 2.40. The second-order valence-corrected chi connectivity index (χ2v) is 6.43. The van der Waals surface area contributed by atoms with E-state index in [4.69, 9.17) is 0 Å². The molecule has 4 nitrogen and oxygen atoms in total. The molecule has 0 bridgehead atoms. The van der Waals surface area contributed by atoms with E-state index < -0.39 is 0 Å². The Bertz CT molecular complexity index is 453. The van der Waals surface area contributed by atoms with Gasteiger partial charge < -0.3 is 15.7 Å². The van der Waals surface area contributed by atoms with E-state index in [0.717, 1.165) is 19.3 Å². The minimum absolute atomic E-state index is 0.0527. The van der Waals surface area contributed by atoms with E-state index in [0.29, 0.717) is 6.54 Å². The fourth-order valence-corrected chi connectivity index (χ4v) is 2.41. The van der Waals surface area contributed by atoms with Crippen molar-refractivity contribution in [2.75, 3.05) is 13.2 Å². The Labute approximate surface area is 120 Å². The number of urea groups is 1. The molecule has 1 aromatic rings. The van der Waals surface area contributed by atoms with E-state index in [1.807, 2.05) is 32.0 Å². The van der Waals surface area contributed by atoms with Crippen LogP contribution in [0.15, 0.2) is 30.3 Å². The van der Waals surface area contributed by atoms with E-state index in [-0.39, 0.29) is 23.6 Å². The molecule has 1 saturated carbocycles. The maximum atomic E-state index is 12.1. The van der Waals surface area contributed by atoms with Crippen molar-refractivity contribution in [3.8, 4) is 0 Å². The topological polar surface area (TPSA) is 61.4 Å². The van der Waals surface area contributed by atoms with Crippen LogP contribution < -0.4 is 10.6 Å². The molecule has 0 spiro atoms. The Morgan fingerprint density at radius 3 is 2.45 bits per heavy atom. The lowest BCUT2D eigenvalue weighted by Gasteiger charge is -2.43. The standard InChI is InChI=1S/C16H24N2O2/c1-15(2,12-19)11-17-14(20)18-16(9-6-10-16)13-7-4-3-5-8-13/h3-5,7-8,19H,6,9-12H2,1-2H3,(H2,17,18,20). The van der Waals surface area contributed by atoms with Gasteiger partial charge >= 0.3 is 6.03 Å². The first-order valence-corrected chi connectivity index (χ1v) is 7.20. The van der Waals surface area contributed by atoms with Gasteiger partial charge in [-0.25, -0.2) is 4.79 Å². The summed E-state index contributed by atoms with van der Waals surface area (Å²) < 4.78 is 0. The third-order valence-electron chi connectivity index (χ3n) is 4.04. The number of aliphatic hydroxyl groups excluding tert-OH is 1. The van der Waals surface area contributed by atoms with Crippen molar-refractivity contribution in [1.29, 1.82) is 0 Å². The van der Waals surface area contributed by atoms with Crippen molar-refractivity contribution in [3.63, 3.8) is 0 Å². The molecule has 0 aliphatic heterocycles. The average Bonchev–Trinajstić information content (AvgIpc) is 2.42. The highest BCUT2D eigenvalue weighted by atomic mass is 16.3. The number of carbonyl (C=O) groups excluding carboxylic acids is 1. The van der Waals surface area contributed by atoms with Crippen molar-refractivity contribution in [3.05, 3.63) is 35.9 Å². The number of hydrogen-bond acceptors (Lipinski definition) is 2. The third-order valence-corrected chi connectivity index (χ3v) is 4.04. The van der Waals surface area contributed by atoms with Crippen LogP contribution in [0.5, 0.6) is 0 Å². The summed E-state index contributed by atoms with van der Waals surface area (Å²) in [7, 11) is 0. The van der Waals surface area contributed by atoms with Crippen molar-refractivity contribution in [2.24, 2.45) is 5.41 Å². The Morgan fingerprint density at radius 2 is 1.95 bits per heavy atom. The zero-order chi connectivity index (χ0) is 14.6. The molecule has 110 valence electrons. The lowest BCUT2D eigenvalue weighted by Crippen LogP contribution is -2.55. The number of hydrogen-bond donors (Lipinski definition) is 3. The number of nitrogens with one attached hydrogen (secondary N) is 2. The molecule has 0 saturated heterocycles. The Kier molecular flexibility index (Phi) is 4.33. The van der Waals surface area contributed by atoms with Crippen LogP contribution in [0.25, 0.3) is 0 Å². The zero-order valence-electron chi connectivity index (χ0n) is 12.3. The minimum Gasteiger partial charge on any atom is -0.396 e. The summed E-state index contributed by atoms with van der Waals surface area (Å²) in [4.78, 5) is 12.1. The van der Waals surface area contributed by atoms with Gasteiger partial charge in [0.25, 0.3) is 0 Å². The van der Waals surface area contributed by atoms with Gasteiger partial charge in [0.2, 0.25) is 0 Å². The van der Waals surface area contributed by atoms with Crippen LogP contribution in [-0.4, -0.2) is 24.3 Å². The van der Waals surface area contributed by atoms with Crippen LogP contribution in [0.4, 0.5) is 4.79 Å². The molecule has 0 atom stereocenters. The van der Waals surface area contributed by atoms with Crippen LogP contribution in [0, 0.1) is 5.41 Å². The molecule has 0 radical (unpaired) electrons. The number of benzene rings is 1. The summed E-state index contributed by atoms with van der Waals surface area (Å²) in [6.07, 6.45) is 3.10. The van der Waals surface area contributed by atoms with Gasteiger partial charge in [-0.2, -0.15) is 0 Å². The fraction of sp³-hybridized carbons (Fsp3) is 0.562. The average molecular weight is 276 g/mol. The molecule has 20 heavy (non-hydrogen) atoms. The molecule has 0 unspecified atom stereocenters. The molecular formula is C16H24N2O2. The van der Waals surface area contributed by atoms with Gasteiger partial charge in [0.15, 0.2) is 0 Å². The molecule has 0 aromatic heterocycles. The molecule has 1 aromatic carbocycles. The predicted octanol–water partition coefficient (Wildman–Crippen LogP) is 2.38. The lowest BCUT2D eigenvalue weighted by molar-refractivity contribution is 0.149. The maximum Gasteiger partial charge on any atom is 0.315 e. The highest BCUT2D eigenvalue weighted by Crippen LogP contribution is 2.41. The molecule has 2 amide bonds. The van der Waals surface area contributed by atoms with Crippen molar-refractivity contribution >= 4 is 6.03 Å². The van der Waals surface area contributed by atoms with Gasteiger partial charge in [0.1, 0.15) is 0 Å². The van der Waals surface area contributed by atoms with Crippen LogP contribution >= 0.6 is 0 Å². The van der Waals surface area contributed by atoms with Gasteiger partial charge in [0.05, 0.1) is 5.54 Å². The maximum absolute atomic E-state index is 12.1. The minimum atomic E-state index is -0.295. The molecule has 3 N–H and O–H groups in total. The summed E-state index contributed by atoms with van der Waals surface area (Å²) in [5.74, 6) is 0. The molecule has 1 aliphatic rings. The van der Waals surface area contributed by atoms with Gasteiger partial charge in [-0.15, -0.1) is 0 Å². The molecule has 2 rings (SSSR count). The largest absolute Gasteiger partial charge is 0.396 e. The van der Waals surface area contributed by atoms with Crippen LogP contribution in [0.2, 0.25) is 0 Å². The van der Waals surface area contributed by atoms with Crippen molar-refractivity contribution in [2.45, 2.75) is 38.6 Å². The highest BCUT2D eigenvalue weighted by molar-refractivity contribution is 5.75.